The topological polar surface area (TPSA) is 125 Å². The molecule has 3 amide bonds. The number of nitrogens with one attached hydrogen (secondary N) is 1. The van der Waals surface area contributed by atoms with Crippen molar-refractivity contribution in [1.82, 2.24) is 15.1 Å². The first-order valence-electron chi connectivity index (χ1n) is 14.7. The molecular formula is C31H44F2N4O5. The van der Waals surface area contributed by atoms with E-state index in [0.29, 0.717) is 37.3 Å². The molecule has 1 aliphatic heterocycles. The minimum Gasteiger partial charge on any atom is -0.443 e. The standard InChI is InChI=1S/C31H44F2N4O5/c1-5-8-37(9-6-2)28(39)22-10-20(4)15-31(16-22,29(34)40)26(13-21-11-23(32)14-24(33)12-21)27(38)18-35-17-25-19-36(7-3)30(41)42-25/h10-12,14-15,25-27,35,38H,5-9,13,16-19H2,1-4H3,(H2,34,40)/t25-,26+,27-,31?/m0/s1. The molecule has 1 aliphatic carbocycles. The van der Waals surface area contributed by atoms with Gasteiger partial charge in [0.1, 0.15) is 17.7 Å². The lowest BCUT2D eigenvalue weighted by molar-refractivity contribution is -0.132. The quantitative estimate of drug-likeness (QED) is 0.288. The van der Waals surface area contributed by atoms with Crippen LogP contribution in [0.4, 0.5) is 13.6 Å². The van der Waals surface area contributed by atoms with Crippen LogP contribution in [0.25, 0.3) is 0 Å². The van der Waals surface area contributed by atoms with Gasteiger partial charge >= 0.3 is 6.09 Å². The minimum absolute atomic E-state index is 0.0185. The van der Waals surface area contributed by atoms with Crippen molar-refractivity contribution in [3.05, 3.63) is 58.7 Å². The van der Waals surface area contributed by atoms with Crippen molar-refractivity contribution >= 4 is 17.9 Å². The predicted octanol–water partition coefficient (Wildman–Crippen LogP) is 3.31. The maximum atomic E-state index is 14.2. The van der Waals surface area contributed by atoms with Crippen molar-refractivity contribution in [2.45, 2.75) is 65.6 Å². The van der Waals surface area contributed by atoms with E-state index in [4.69, 9.17) is 10.5 Å². The minimum atomic E-state index is -1.52. The van der Waals surface area contributed by atoms with E-state index in [2.05, 4.69) is 5.32 Å². The van der Waals surface area contributed by atoms with E-state index in [0.717, 1.165) is 31.0 Å². The molecular weight excluding hydrogens is 546 g/mol. The Morgan fingerprint density at radius 3 is 2.38 bits per heavy atom. The average molecular weight is 591 g/mol. The maximum absolute atomic E-state index is 14.2. The molecule has 11 heteroatoms. The van der Waals surface area contributed by atoms with E-state index in [-0.39, 0.29) is 37.4 Å². The molecule has 1 unspecified atom stereocenters. The number of cyclic esters (lactones) is 1. The summed E-state index contributed by atoms with van der Waals surface area (Å²) < 4.78 is 33.7. The number of allylic oxidation sites excluding steroid dienone is 2. The molecule has 4 atom stereocenters. The number of amides is 3. The van der Waals surface area contributed by atoms with Crippen LogP contribution in [0.3, 0.4) is 0 Å². The zero-order valence-corrected chi connectivity index (χ0v) is 25.0. The molecule has 1 aromatic rings. The number of nitrogens with two attached hydrogens (primary N) is 1. The monoisotopic (exact) mass is 590 g/mol. The van der Waals surface area contributed by atoms with E-state index in [1.165, 1.54) is 0 Å². The highest BCUT2D eigenvalue weighted by Gasteiger charge is 2.48. The van der Waals surface area contributed by atoms with E-state index < -0.39 is 47.2 Å². The number of ether oxygens (including phenoxy) is 1. The number of carbonyl (C=O) groups excluding carboxylic acids is 3. The molecule has 0 bridgehead atoms. The number of primary amides is 1. The Labute approximate surface area is 246 Å². The van der Waals surface area contributed by atoms with E-state index in [1.54, 1.807) is 28.9 Å². The number of halogens is 2. The highest BCUT2D eigenvalue weighted by molar-refractivity contribution is 5.97. The van der Waals surface area contributed by atoms with E-state index in [9.17, 15) is 28.3 Å². The van der Waals surface area contributed by atoms with Gasteiger partial charge in [0.25, 0.3) is 0 Å². The van der Waals surface area contributed by atoms with Crippen LogP contribution in [0, 0.1) is 23.0 Å². The summed E-state index contributed by atoms with van der Waals surface area (Å²) in [6.45, 7) is 9.82. The number of aliphatic hydroxyl groups excluding tert-OH is 1. The average Bonchev–Trinajstić information content (AvgIpc) is 3.29. The third kappa shape index (κ3) is 7.95. The van der Waals surface area contributed by atoms with Gasteiger partial charge in [-0.3, -0.25) is 9.59 Å². The molecule has 9 nitrogen and oxygen atoms in total. The molecule has 4 N–H and O–H groups in total. The highest BCUT2D eigenvalue weighted by atomic mass is 19.1. The van der Waals surface area contributed by atoms with Crippen molar-refractivity contribution < 1.29 is 33.0 Å². The summed E-state index contributed by atoms with van der Waals surface area (Å²) in [5.41, 5.74) is 5.82. The molecule has 0 saturated carbocycles. The molecule has 1 aromatic carbocycles. The van der Waals surface area contributed by atoms with E-state index in [1.807, 2.05) is 20.8 Å². The Hall–Kier alpha value is -3.31. The van der Waals surface area contributed by atoms with Gasteiger partial charge in [-0.25, -0.2) is 13.6 Å². The summed E-state index contributed by atoms with van der Waals surface area (Å²) in [5.74, 6) is -3.47. The lowest BCUT2D eigenvalue weighted by Gasteiger charge is -2.42. The van der Waals surface area contributed by atoms with E-state index >= 15 is 0 Å². The van der Waals surface area contributed by atoms with Crippen LogP contribution >= 0.6 is 0 Å². The molecule has 42 heavy (non-hydrogen) atoms. The molecule has 232 valence electrons. The Kier molecular flexibility index (Phi) is 11.6. The molecule has 1 heterocycles. The van der Waals surface area contributed by atoms with Gasteiger partial charge in [0.2, 0.25) is 11.8 Å². The lowest BCUT2D eigenvalue weighted by Crippen LogP contribution is -2.52. The van der Waals surface area contributed by atoms with Crippen molar-refractivity contribution in [1.29, 1.82) is 0 Å². The Morgan fingerprint density at radius 1 is 1.19 bits per heavy atom. The maximum Gasteiger partial charge on any atom is 0.410 e. The number of aliphatic hydroxyl groups is 1. The Morgan fingerprint density at radius 2 is 1.83 bits per heavy atom. The smallest absolute Gasteiger partial charge is 0.410 e. The van der Waals surface area contributed by atoms with Gasteiger partial charge in [0.05, 0.1) is 18.1 Å². The molecule has 1 fully saturated rings. The third-order valence-electron chi connectivity index (χ3n) is 7.94. The number of hydrogen-bond donors (Lipinski definition) is 3. The first-order valence-corrected chi connectivity index (χ1v) is 14.7. The van der Waals surface area contributed by atoms with Gasteiger partial charge in [-0.2, -0.15) is 0 Å². The molecule has 3 rings (SSSR count). The number of carbonyl (C=O) groups is 3. The summed E-state index contributed by atoms with van der Waals surface area (Å²) in [5, 5.41) is 14.7. The van der Waals surface area contributed by atoms with Gasteiger partial charge in [-0.05, 0) is 57.2 Å². The fourth-order valence-corrected chi connectivity index (χ4v) is 6.03. The van der Waals surface area contributed by atoms with Gasteiger partial charge < -0.3 is 30.7 Å². The fourth-order valence-electron chi connectivity index (χ4n) is 6.03. The second-order valence-corrected chi connectivity index (χ2v) is 11.3. The van der Waals surface area contributed by atoms with Crippen molar-refractivity contribution in [3.63, 3.8) is 0 Å². The Bertz CT molecular complexity index is 1180. The molecule has 0 spiro atoms. The lowest BCUT2D eigenvalue weighted by atomic mass is 9.63. The summed E-state index contributed by atoms with van der Waals surface area (Å²) in [4.78, 5) is 42.2. The van der Waals surface area contributed by atoms with Crippen molar-refractivity contribution in [2.24, 2.45) is 17.1 Å². The number of rotatable bonds is 15. The fraction of sp³-hybridized carbons (Fsp3) is 0.581. The molecule has 0 aromatic heterocycles. The predicted molar refractivity (Wildman–Crippen MR) is 155 cm³/mol. The Balaban J connectivity index is 1.93. The SMILES string of the molecule is CCCN(CCC)C(=O)C1=CC(C)=CC(C(N)=O)([C@H](Cc2cc(F)cc(F)c2)[C@@H](O)CNC[C@H]2CN(CC)C(=O)O2)C1. The second kappa shape index (κ2) is 14.7. The number of nitrogens with zero attached hydrogens (tertiary/aromatic N) is 2. The normalized spacial score (nSPS) is 21.8. The van der Waals surface area contributed by atoms with Crippen LogP contribution in [0.2, 0.25) is 0 Å². The first kappa shape index (κ1) is 33.2. The van der Waals surface area contributed by atoms with Crippen molar-refractivity contribution in [2.75, 3.05) is 39.3 Å². The van der Waals surface area contributed by atoms with Crippen LogP contribution in [-0.2, 0) is 20.7 Å². The van der Waals surface area contributed by atoms with Crippen LogP contribution in [0.15, 0.2) is 41.5 Å². The molecule has 2 aliphatic rings. The summed E-state index contributed by atoms with van der Waals surface area (Å²) in [7, 11) is 0. The zero-order chi connectivity index (χ0) is 31.0. The largest absolute Gasteiger partial charge is 0.443 e. The number of likely N-dealkylation sites (N-methyl/N-ethyl adjacent to an activating group) is 1. The van der Waals surface area contributed by atoms with Crippen LogP contribution in [0.5, 0.6) is 0 Å². The third-order valence-corrected chi connectivity index (χ3v) is 7.94. The van der Waals surface area contributed by atoms with Crippen molar-refractivity contribution in [3.8, 4) is 0 Å². The summed E-state index contributed by atoms with van der Waals surface area (Å²) in [6.07, 6.45) is 2.74. The van der Waals surface area contributed by atoms with Gasteiger partial charge in [-0.15, -0.1) is 0 Å². The zero-order valence-electron chi connectivity index (χ0n) is 25.0. The molecule has 1 saturated heterocycles. The van der Waals surface area contributed by atoms with Gasteiger partial charge in [0.15, 0.2) is 0 Å². The van der Waals surface area contributed by atoms with Gasteiger partial charge in [-0.1, -0.05) is 31.6 Å². The van der Waals surface area contributed by atoms with Crippen LogP contribution < -0.4 is 11.1 Å². The van der Waals surface area contributed by atoms with Crippen LogP contribution in [0.1, 0.15) is 52.5 Å². The number of benzene rings is 1. The second-order valence-electron chi connectivity index (χ2n) is 11.3. The highest BCUT2D eigenvalue weighted by Crippen LogP contribution is 2.44. The molecule has 0 radical (unpaired) electrons. The first-order chi connectivity index (χ1) is 19.9. The van der Waals surface area contributed by atoms with Crippen LogP contribution in [-0.4, -0.2) is 84.3 Å². The summed E-state index contributed by atoms with van der Waals surface area (Å²) in [6, 6.07) is 3.07. The van der Waals surface area contributed by atoms with Gasteiger partial charge in [0, 0.05) is 50.3 Å². The summed E-state index contributed by atoms with van der Waals surface area (Å²) >= 11 is 0. The number of hydrogen-bond acceptors (Lipinski definition) is 6.